The highest BCUT2D eigenvalue weighted by Crippen LogP contribution is 2.34. The van der Waals surface area contributed by atoms with Crippen molar-refractivity contribution >= 4 is 6.01 Å². The zero-order valence-corrected chi connectivity index (χ0v) is 11.4. The molecule has 1 atom stereocenters. The molecule has 0 fully saturated rings. The molecule has 1 aromatic heterocycles. The lowest BCUT2D eigenvalue weighted by Gasteiger charge is -2.27. The Balaban J connectivity index is 2.77. The minimum Gasteiger partial charge on any atom is -0.370 e. The molecule has 0 aliphatic carbocycles. The molecule has 1 rings (SSSR count). The Morgan fingerprint density at radius 2 is 2.06 bits per heavy atom. The van der Waals surface area contributed by atoms with Crippen LogP contribution in [0.3, 0.4) is 0 Å². The Kier molecular flexibility index (Phi) is 4.93. The van der Waals surface area contributed by atoms with Crippen LogP contribution in [0.2, 0.25) is 0 Å². The maximum absolute atomic E-state index is 5.70. The van der Waals surface area contributed by atoms with E-state index in [9.17, 15) is 0 Å². The highest BCUT2D eigenvalue weighted by atomic mass is 16.5. The lowest BCUT2D eigenvalue weighted by atomic mass is 9.88. The highest BCUT2D eigenvalue weighted by Gasteiger charge is 2.31. The van der Waals surface area contributed by atoms with Gasteiger partial charge in [-0.1, -0.05) is 32.9 Å². The zero-order chi connectivity index (χ0) is 12.9. The second-order valence-corrected chi connectivity index (χ2v) is 5.09. The summed E-state index contributed by atoms with van der Waals surface area (Å²) in [4.78, 5) is 4.32. The lowest BCUT2D eigenvalue weighted by Crippen LogP contribution is -2.22. The van der Waals surface area contributed by atoms with E-state index in [2.05, 4.69) is 43.2 Å². The fourth-order valence-corrected chi connectivity index (χ4v) is 1.52. The first-order chi connectivity index (χ1) is 7.99. The molecule has 1 aromatic rings. The molecule has 0 bridgehead atoms. The number of nitrogens with zero attached hydrogens (tertiary/aromatic N) is 2. The number of hydrogen-bond acceptors (Lipinski definition) is 5. The fraction of sp³-hybridized carbons (Fsp3) is 0.833. The van der Waals surface area contributed by atoms with Gasteiger partial charge in [-0.2, -0.15) is 4.98 Å². The van der Waals surface area contributed by atoms with Crippen molar-refractivity contribution in [2.75, 3.05) is 18.5 Å². The summed E-state index contributed by atoms with van der Waals surface area (Å²) in [5, 5.41) is 7.05. The number of anilines is 1. The fourth-order valence-electron chi connectivity index (χ4n) is 1.52. The molecule has 1 N–H and O–H groups in total. The molecule has 1 unspecified atom stereocenters. The first-order valence-electron chi connectivity index (χ1n) is 6.18. The molecular weight excluding hydrogens is 218 g/mol. The number of aromatic nitrogens is 2. The Morgan fingerprint density at radius 3 is 2.59 bits per heavy atom. The van der Waals surface area contributed by atoms with Crippen molar-refractivity contribution in [2.45, 2.75) is 47.1 Å². The van der Waals surface area contributed by atoms with E-state index < -0.39 is 0 Å². The lowest BCUT2D eigenvalue weighted by molar-refractivity contribution is -0.0203. The van der Waals surface area contributed by atoms with Crippen LogP contribution in [-0.2, 0) is 4.74 Å². The van der Waals surface area contributed by atoms with Crippen molar-refractivity contribution in [3.63, 3.8) is 0 Å². The van der Waals surface area contributed by atoms with Gasteiger partial charge in [-0.3, -0.25) is 0 Å². The van der Waals surface area contributed by atoms with Crippen LogP contribution in [0.5, 0.6) is 0 Å². The largest absolute Gasteiger partial charge is 0.370 e. The number of nitrogens with one attached hydrogen (secondary N) is 1. The van der Waals surface area contributed by atoms with Crippen molar-refractivity contribution in [3.05, 3.63) is 5.82 Å². The maximum atomic E-state index is 5.70. The summed E-state index contributed by atoms with van der Waals surface area (Å²) in [5.41, 5.74) is -0.0537. The average Bonchev–Trinajstić information content (AvgIpc) is 2.69. The smallest absolute Gasteiger partial charge is 0.321 e. The summed E-state index contributed by atoms with van der Waals surface area (Å²) < 4.78 is 10.8. The van der Waals surface area contributed by atoms with Crippen LogP contribution in [-0.4, -0.2) is 23.3 Å². The molecule has 98 valence electrons. The molecule has 0 amide bonds. The van der Waals surface area contributed by atoms with Crippen LogP contribution in [0, 0.1) is 5.41 Å². The van der Waals surface area contributed by atoms with E-state index in [1.165, 1.54) is 0 Å². The van der Waals surface area contributed by atoms with Gasteiger partial charge in [0.2, 0.25) is 5.82 Å². The summed E-state index contributed by atoms with van der Waals surface area (Å²) in [5.74, 6) is 0.609. The van der Waals surface area contributed by atoms with Crippen molar-refractivity contribution in [3.8, 4) is 0 Å². The normalized spacial score (nSPS) is 13.7. The number of hydrogen-bond donors (Lipinski definition) is 1. The second-order valence-electron chi connectivity index (χ2n) is 5.09. The molecule has 0 spiro atoms. The second kappa shape index (κ2) is 6.00. The quantitative estimate of drug-likeness (QED) is 0.829. The average molecular weight is 241 g/mol. The van der Waals surface area contributed by atoms with Gasteiger partial charge in [-0.25, -0.2) is 0 Å². The Bertz CT molecular complexity index is 331. The van der Waals surface area contributed by atoms with E-state index in [-0.39, 0.29) is 11.5 Å². The van der Waals surface area contributed by atoms with Crippen molar-refractivity contribution < 1.29 is 9.26 Å². The van der Waals surface area contributed by atoms with Gasteiger partial charge in [0.25, 0.3) is 0 Å². The van der Waals surface area contributed by atoms with Crippen molar-refractivity contribution in [2.24, 2.45) is 5.41 Å². The third-order valence-corrected chi connectivity index (χ3v) is 2.32. The van der Waals surface area contributed by atoms with E-state index in [4.69, 9.17) is 9.26 Å². The topological polar surface area (TPSA) is 60.2 Å². The monoisotopic (exact) mass is 241 g/mol. The molecule has 5 heteroatoms. The summed E-state index contributed by atoms with van der Waals surface area (Å²) in [6.45, 7) is 11.8. The molecule has 0 aliphatic heterocycles. The summed E-state index contributed by atoms with van der Waals surface area (Å²) in [7, 11) is 0. The molecule has 0 saturated heterocycles. The number of ether oxygens (including phenoxy) is 1. The molecule has 0 radical (unpaired) electrons. The van der Waals surface area contributed by atoms with E-state index >= 15 is 0 Å². The highest BCUT2D eigenvalue weighted by molar-refractivity contribution is 5.18. The van der Waals surface area contributed by atoms with Crippen molar-refractivity contribution in [1.29, 1.82) is 0 Å². The molecule has 0 saturated carbocycles. The molecule has 1 heterocycles. The van der Waals surface area contributed by atoms with Gasteiger partial charge < -0.3 is 14.6 Å². The zero-order valence-electron chi connectivity index (χ0n) is 11.4. The van der Waals surface area contributed by atoms with E-state index in [0.29, 0.717) is 18.4 Å². The standard InChI is InChI=1S/C12H23N3O2/c1-6-8-13-11-14-10(15-17-11)9(16-7-2)12(3,4)5/h9H,6-8H2,1-5H3,(H,13,14,15). The van der Waals surface area contributed by atoms with Crippen LogP contribution in [0.1, 0.15) is 53.0 Å². The molecule has 0 aliphatic rings. The van der Waals surface area contributed by atoms with Gasteiger partial charge in [-0.05, 0) is 18.8 Å². The summed E-state index contributed by atoms with van der Waals surface area (Å²) in [6.07, 6.45) is 0.875. The first kappa shape index (κ1) is 14.0. The minimum atomic E-state index is -0.145. The van der Waals surface area contributed by atoms with Crippen LogP contribution in [0.25, 0.3) is 0 Å². The molecule has 17 heavy (non-hydrogen) atoms. The predicted molar refractivity (Wildman–Crippen MR) is 66.9 cm³/mol. The third-order valence-electron chi connectivity index (χ3n) is 2.32. The van der Waals surface area contributed by atoms with Crippen LogP contribution in [0.15, 0.2) is 4.52 Å². The Hall–Kier alpha value is -1.10. The van der Waals surface area contributed by atoms with Gasteiger partial charge in [-0.15, -0.1) is 0 Å². The van der Waals surface area contributed by atoms with E-state index in [1.54, 1.807) is 0 Å². The first-order valence-corrected chi connectivity index (χ1v) is 6.18. The SMILES string of the molecule is CCCNc1nc(C(OCC)C(C)(C)C)no1. The molecular formula is C12H23N3O2. The predicted octanol–water partition coefficient (Wildman–Crippen LogP) is 3.02. The van der Waals surface area contributed by atoms with Gasteiger partial charge >= 0.3 is 6.01 Å². The van der Waals surface area contributed by atoms with Crippen molar-refractivity contribution in [1.82, 2.24) is 10.1 Å². The third kappa shape index (κ3) is 4.00. The van der Waals surface area contributed by atoms with Crippen LogP contribution in [0.4, 0.5) is 6.01 Å². The molecule has 5 nitrogen and oxygen atoms in total. The van der Waals surface area contributed by atoms with Gasteiger partial charge in [0, 0.05) is 13.2 Å². The minimum absolute atomic E-state index is 0.0537. The maximum Gasteiger partial charge on any atom is 0.321 e. The van der Waals surface area contributed by atoms with Gasteiger partial charge in [0.05, 0.1) is 0 Å². The van der Waals surface area contributed by atoms with E-state index in [1.807, 2.05) is 6.92 Å². The number of rotatable bonds is 6. The molecule has 0 aromatic carbocycles. The van der Waals surface area contributed by atoms with E-state index in [0.717, 1.165) is 13.0 Å². The summed E-state index contributed by atoms with van der Waals surface area (Å²) in [6, 6.07) is 0.468. The van der Waals surface area contributed by atoms with Gasteiger partial charge in [0.15, 0.2) is 0 Å². The Labute approximate surface area is 103 Å². The Morgan fingerprint density at radius 1 is 1.35 bits per heavy atom. The van der Waals surface area contributed by atoms with Crippen LogP contribution < -0.4 is 5.32 Å². The van der Waals surface area contributed by atoms with Gasteiger partial charge in [0.1, 0.15) is 6.10 Å². The van der Waals surface area contributed by atoms with Crippen LogP contribution >= 0.6 is 0 Å². The summed E-state index contributed by atoms with van der Waals surface area (Å²) >= 11 is 0.